The molecule has 0 saturated heterocycles. The van der Waals surface area contributed by atoms with Crippen molar-refractivity contribution in [3.8, 4) is 0 Å². The van der Waals surface area contributed by atoms with Crippen LogP contribution in [-0.2, 0) is 4.74 Å². The summed E-state index contributed by atoms with van der Waals surface area (Å²) in [6, 6.07) is 0. The van der Waals surface area contributed by atoms with Crippen molar-refractivity contribution in [2.45, 2.75) is 19.8 Å². The maximum Gasteiger partial charge on any atom is 0.102 e. The van der Waals surface area contributed by atoms with Crippen molar-refractivity contribution in [2.75, 3.05) is 13.2 Å². The van der Waals surface area contributed by atoms with Gasteiger partial charge in [0.25, 0.3) is 0 Å². The number of ether oxygens (including phenoxy) is 1. The molecule has 0 spiro atoms. The lowest BCUT2D eigenvalue weighted by Gasteiger charge is -2.04. The van der Waals surface area contributed by atoms with Gasteiger partial charge in [-0.25, -0.2) is 0 Å². The van der Waals surface area contributed by atoms with E-state index in [1.165, 1.54) is 0 Å². The van der Waals surface area contributed by atoms with Gasteiger partial charge in [0.15, 0.2) is 0 Å². The highest BCUT2D eigenvalue weighted by Crippen LogP contribution is 1.93. The topological polar surface area (TPSA) is 35.2 Å². The smallest absolute Gasteiger partial charge is 0.102 e. The van der Waals surface area contributed by atoms with Crippen LogP contribution in [0.5, 0.6) is 0 Å². The van der Waals surface area contributed by atoms with Crippen LogP contribution in [-0.4, -0.2) is 13.2 Å². The first kappa shape index (κ1) is 8.50. The van der Waals surface area contributed by atoms with E-state index in [1.807, 2.05) is 0 Å². The first-order chi connectivity index (χ1) is 4.31. The quantitative estimate of drug-likeness (QED) is 0.448. The Labute approximate surface area is 56.7 Å². The molecule has 0 aromatic rings. The van der Waals surface area contributed by atoms with Crippen LogP contribution >= 0.6 is 0 Å². The minimum Gasteiger partial charge on any atom is -0.497 e. The number of hydrogen-bond donors (Lipinski definition) is 1. The second kappa shape index (κ2) is 5.63. The van der Waals surface area contributed by atoms with Crippen molar-refractivity contribution in [2.24, 2.45) is 5.73 Å². The standard InChI is InChI=1S/C7H15NO/c1-3-4-5-9-7(2)6-8/h2-6,8H2,1H3. The molecule has 0 bridgehead atoms. The van der Waals surface area contributed by atoms with Gasteiger partial charge < -0.3 is 10.5 Å². The minimum atomic E-state index is 0.434. The summed E-state index contributed by atoms with van der Waals surface area (Å²) in [6.45, 7) is 6.91. The van der Waals surface area contributed by atoms with Crippen molar-refractivity contribution < 1.29 is 4.74 Å². The van der Waals surface area contributed by atoms with Gasteiger partial charge in [-0.15, -0.1) is 0 Å². The van der Waals surface area contributed by atoms with E-state index < -0.39 is 0 Å². The molecule has 2 heteroatoms. The number of nitrogens with two attached hydrogens (primary N) is 1. The average Bonchev–Trinajstić information content (AvgIpc) is 1.89. The van der Waals surface area contributed by atoms with E-state index in [-0.39, 0.29) is 0 Å². The van der Waals surface area contributed by atoms with Gasteiger partial charge in [-0.2, -0.15) is 0 Å². The summed E-state index contributed by atoms with van der Waals surface area (Å²) in [5, 5.41) is 0. The molecule has 0 aromatic carbocycles. The molecule has 0 aliphatic heterocycles. The third kappa shape index (κ3) is 5.37. The molecule has 0 unspecified atom stereocenters. The fourth-order valence-corrected chi connectivity index (χ4v) is 0.420. The van der Waals surface area contributed by atoms with Gasteiger partial charge in [0, 0.05) is 0 Å². The summed E-state index contributed by atoms with van der Waals surface area (Å²) in [7, 11) is 0. The Kier molecular flexibility index (Phi) is 5.32. The predicted octanol–water partition coefficient (Wildman–Crippen LogP) is 1.28. The Balaban J connectivity index is 2.97. The molecule has 0 fully saturated rings. The van der Waals surface area contributed by atoms with Crippen molar-refractivity contribution in [3.05, 3.63) is 12.3 Å². The second-order valence-electron chi connectivity index (χ2n) is 1.94. The van der Waals surface area contributed by atoms with E-state index >= 15 is 0 Å². The highest BCUT2D eigenvalue weighted by molar-refractivity contribution is 4.82. The Morgan fingerprint density at radius 2 is 2.33 bits per heavy atom. The first-order valence-electron chi connectivity index (χ1n) is 3.32. The highest BCUT2D eigenvalue weighted by atomic mass is 16.5. The Hall–Kier alpha value is -0.500. The molecule has 0 aromatic heterocycles. The normalized spacial score (nSPS) is 9.11. The maximum atomic E-state index is 5.23. The summed E-state index contributed by atoms with van der Waals surface area (Å²) in [5.41, 5.74) is 5.23. The van der Waals surface area contributed by atoms with Gasteiger partial charge in [0.2, 0.25) is 0 Å². The third-order valence-electron chi connectivity index (χ3n) is 1.03. The van der Waals surface area contributed by atoms with Gasteiger partial charge in [-0.3, -0.25) is 0 Å². The molecule has 0 aliphatic rings. The summed E-state index contributed by atoms with van der Waals surface area (Å²) in [5.74, 6) is 0.684. The van der Waals surface area contributed by atoms with Crippen LogP contribution in [0.15, 0.2) is 12.3 Å². The van der Waals surface area contributed by atoms with Gasteiger partial charge in [-0.05, 0) is 6.42 Å². The lowest BCUT2D eigenvalue weighted by atomic mass is 10.4. The summed E-state index contributed by atoms with van der Waals surface area (Å²) < 4.78 is 5.11. The minimum absolute atomic E-state index is 0.434. The zero-order chi connectivity index (χ0) is 7.11. The third-order valence-corrected chi connectivity index (χ3v) is 1.03. The maximum absolute atomic E-state index is 5.23. The molecule has 2 nitrogen and oxygen atoms in total. The largest absolute Gasteiger partial charge is 0.497 e. The van der Waals surface area contributed by atoms with Crippen molar-refractivity contribution >= 4 is 0 Å². The van der Waals surface area contributed by atoms with Crippen molar-refractivity contribution in [1.82, 2.24) is 0 Å². The van der Waals surface area contributed by atoms with Gasteiger partial charge in [0.1, 0.15) is 5.76 Å². The number of hydrogen-bond acceptors (Lipinski definition) is 2. The van der Waals surface area contributed by atoms with Crippen LogP contribution < -0.4 is 5.73 Å². The fraction of sp³-hybridized carbons (Fsp3) is 0.714. The summed E-state index contributed by atoms with van der Waals surface area (Å²) in [6.07, 6.45) is 2.23. The summed E-state index contributed by atoms with van der Waals surface area (Å²) in [4.78, 5) is 0. The van der Waals surface area contributed by atoms with Crippen LogP contribution in [0.4, 0.5) is 0 Å². The van der Waals surface area contributed by atoms with E-state index in [0.717, 1.165) is 19.4 Å². The van der Waals surface area contributed by atoms with Gasteiger partial charge in [0.05, 0.1) is 13.2 Å². The number of rotatable bonds is 5. The Morgan fingerprint density at radius 3 is 2.78 bits per heavy atom. The number of unbranched alkanes of at least 4 members (excludes halogenated alkanes) is 1. The van der Waals surface area contributed by atoms with Crippen LogP contribution in [0.2, 0.25) is 0 Å². The SMILES string of the molecule is C=C(CN)OCCCC. The molecule has 2 N–H and O–H groups in total. The summed E-state index contributed by atoms with van der Waals surface area (Å²) >= 11 is 0. The molecule has 0 amide bonds. The molecular formula is C7H15NO. The first-order valence-corrected chi connectivity index (χ1v) is 3.32. The van der Waals surface area contributed by atoms with Crippen molar-refractivity contribution in [1.29, 1.82) is 0 Å². The average molecular weight is 129 g/mol. The molecule has 0 atom stereocenters. The predicted molar refractivity (Wildman–Crippen MR) is 39.1 cm³/mol. The Bertz CT molecular complexity index is 81.0. The molecule has 54 valence electrons. The van der Waals surface area contributed by atoms with Crippen LogP contribution in [0.1, 0.15) is 19.8 Å². The van der Waals surface area contributed by atoms with Crippen LogP contribution in [0, 0.1) is 0 Å². The molecule has 0 radical (unpaired) electrons. The van der Waals surface area contributed by atoms with Gasteiger partial charge in [-0.1, -0.05) is 19.9 Å². The molecular weight excluding hydrogens is 114 g/mol. The zero-order valence-electron chi connectivity index (χ0n) is 6.02. The Morgan fingerprint density at radius 1 is 1.67 bits per heavy atom. The van der Waals surface area contributed by atoms with Gasteiger partial charge >= 0.3 is 0 Å². The molecule has 0 heterocycles. The zero-order valence-corrected chi connectivity index (χ0v) is 6.02. The van der Waals surface area contributed by atoms with E-state index in [1.54, 1.807) is 0 Å². The fourth-order valence-electron chi connectivity index (χ4n) is 0.420. The lowest BCUT2D eigenvalue weighted by molar-refractivity contribution is 0.206. The van der Waals surface area contributed by atoms with Crippen molar-refractivity contribution in [3.63, 3.8) is 0 Å². The monoisotopic (exact) mass is 129 g/mol. The molecule has 0 aliphatic carbocycles. The molecule has 9 heavy (non-hydrogen) atoms. The van der Waals surface area contributed by atoms with Crippen LogP contribution in [0.3, 0.4) is 0 Å². The van der Waals surface area contributed by atoms with Crippen LogP contribution in [0.25, 0.3) is 0 Å². The second-order valence-corrected chi connectivity index (χ2v) is 1.94. The molecule has 0 rings (SSSR count). The molecule has 0 saturated carbocycles. The van der Waals surface area contributed by atoms with E-state index in [4.69, 9.17) is 10.5 Å². The van der Waals surface area contributed by atoms with E-state index in [9.17, 15) is 0 Å². The highest BCUT2D eigenvalue weighted by Gasteiger charge is 1.87. The van der Waals surface area contributed by atoms with E-state index in [0.29, 0.717) is 12.3 Å². The van der Waals surface area contributed by atoms with E-state index in [2.05, 4.69) is 13.5 Å². The lowest BCUT2D eigenvalue weighted by Crippen LogP contribution is -2.05.